The lowest BCUT2D eigenvalue weighted by molar-refractivity contribution is -0.132. The first-order chi connectivity index (χ1) is 16.4. The van der Waals surface area contributed by atoms with Crippen LogP contribution in [-0.2, 0) is 32.6 Å². The van der Waals surface area contributed by atoms with E-state index in [2.05, 4.69) is 0 Å². The first-order valence-electron chi connectivity index (χ1n) is 11.4. The Morgan fingerprint density at radius 3 is 2.44 bits per heavy atom. The van der Waals surface area contributed by atoms with Crippen LogP contribution < -0.4 is 0 Å². The minimum absolute atomic E-state index is 0.167. The topological polar surface area (TPSA) is 66.9 Å². The maximum Gasteiger partial charge on any atom is 0.243 e. The molecule has 0 spiro atoms. The molecule has 1 amide bonds. The molecule has 1 saturated heterocycles. The Balaban J connectivity index is 1.59. The van der Waals surface area contributed by atoms with Gasteiger partial charge in [-0.1, -0.05) is 54.1 Å². The predicted octanol–water partition coefficient (Wildman–Crippen LogP) is 4.46. The van der Waals surface area contributed by atoms with Gasteiger partial charge in [0.15, 0.2) is 0 Å². The zero-order chi connectivity index (χ0) is 24.0. The van der Waals surface area contributed by atoms with Crippen molar-refractivity contribution in [1.82, 2.24) is 9.21 Å². The van der Waals surface area contributed by atoms with Gasteiger partial charge in [-0.2, -0.15) is 4.31 Å². The summed E-state index contributed by atoms with van der Waals surface area (Å²) in [6.45, 7) is 3.32. The van der Waals surface area contributed by atoms with Crippen LogP contribution in [-0.4, -0.2) is 49.3 Å². The van der Waals surface area contributed by atoms with Crippen LogP contribution in [0.25, 0.3) is 0 Å². The van der Waals surface area contributed by atoms with Crippen LogP contribution in [0.3, 0.4) is 0 Å². The van der Waals surface area contributed by atoms with Crippen LogP contribution in [0.2, 0.25) is 0 Å². The number of carbonyl (C=O) groups excluding carboxylic acids is 1. The molecule has 0 N–H and O–H groups in total. The average molecular weight is 499 g/mol. The molecule has 0 aliphatic carbocycles. The Bertz CT molecular complexity index is 1160. The fraction of sp³-hybridized carbons (Fsp3) is 0.346. The van der Waals surface area contributed by atoms with E-state index in [4.69, 9.17) is 4.74 Å². The standard InChI is InChI=1S/C26H30N2O4S2/c1-21-11-13-25(14-12-21)34(30,31)28(18-23-9-5-15-32-23)20-26(29)27(19-24-10-6-16-33-24)17-22-7-3-2-4-8-22/h2-4,6-8,10-14,16,23H,5,9,15,17-20H2,1H3. The quantitative estimate of drug-likeness (QED) is 0.414. The molecule has 2 aromatic carbocycles. The van der Waals surface area contributed by atoms with Crippen molar-refractivity contribution in [3.63, 3.8) is 0 Å². The maximum absolute atomic E-state index is 13.6. The average Bonchev–Trinajstić information content (AvgIpc) is 3.53. The number of rotatable bonds is 10. The Kier molecular flexibility index (Phi) is 8.15. The van der Waals surface area contributed by atoms with E-state index in [1.165, 1.54) is 4.31 Å². The summed E-state index contributed by atoms with van der Waals surface area (Å²) in [5, 5.41) is 1.98. The second kappa shape index (κ2) is 11.3. The van der Waals surface area contributed by atoms with Crippen molar-refractivity contribution in [3.8, 4) is 0 Å². The second-order valence-corrected chi connectivity index (χ2v) is 11.5. The third kappa shape index (κ3) is 6.33. The van der Waals surface area contributed by atoms with Gasteiger partial charge in [0.1, 0.15) is 0 Å². The van der Waals surface area contributed by atoms with Gasteiger partial charge in [0.25, 0.3) is 0 Å². The van der Waals surface area contributed by atoms with Crippen molar-refractivity contribution in [3.05, 3.63) is 88.1 Å². The third-order valence-corrected chi connectivity index (χ3v) is 8.58. The molecule has 8 heteroatoms. The van der Waals surface area contributed by atoms with E-state index in [1.807, 2.05) is 54.8 Å². The predicted molar refractivity (Wildman–Crippen MR) is 134 cm³/mol. The van der Waals surface area contributed by atoms with Gasteiger partial charge in [-0.05, 0) is 48.9 Å². The Morgan fingerprint density at radius 1 is 1.03 bits per heavy atom. The van der Waals surface area contributed by atoms with E-state index in [-0.39, 0.29) is 30.0 Å². The van der Waals surface area contributed by atoms with Crippen molar-refractivity contribution >= 4 is 27.3 Å². The monoisotopic (exact) mass is 498 g/mol. The molecule has 3 aromatic rings. The maximum atomic E-state index is 13.6. The Labute approximate surface area is 205 Å². The summed E-state index contributed by atoms with van der Waals surface area (Å²) >= 11 is 1.58. The van der Waals surface area contributed by atoms with Crippen LogP contribution in [0, 0.1) is 6.92 Å². The van der Waals surface area contributed by atoms with E-state index >= 15 is 0 Å². The summed E-state index contributed by atoms with van der Waals surface area (Å²) in [5.74, 6) is -0.231. The van der Waals surface area contributed by atoms with Gasteiger partial charge in [-0.3, -0.25) is 4.79 Å². The molecule has 0 radical (unpaired) electrons. The van der Waals surface area contributed by atoms with E-state index in [1.54, 1.807) is 40.5 Å². The van der Waals surface area contributed by atoms with Crippen molar-refractivity contribution in [1.29, 1.82) is 0 Å². The minimum atomic E-state index is -3.86. The first kappa shape index (κ1) is 24.6. The van der Waals surface area contributed by atoms with Gasteiger partial charge in [-0.25, -0.2) is 8.42 Å². The molecular weight excluding hydrogens is 468 g/mol. The molecule has 1 atom stereocenters. The number of amides is 1. The van der Waals surface area contributed by atoms with Crippen LogP contribution in [0.5, 0.6) is 0 Å². The van der Waals surface area contributed by atoms with E-state index in [0.29, 0.717) is 19.7 Å². The Hall–Kier alpha value is -2.52. The number of sulfonamides is 1. The van der Waals surface area contributed by atoms with E-state index in [0.717, 1.165) is 28.8 Å². The number of benzene rings is 2. The van der Waals surface area contributed by atoms with Crippen LogP contribution in [0.4, 0.5) is 0 Å². The highest BCUT2D eigenvalue weighted by Crippen LogP contribution is 2.22. The minimum Gasteiger partial charge on any atom is -0.377 e. The van der Waals surface area contributed by atoms with E-state index < -0.39 is 10.0 Å². The first-order valence-corrected chi connectivity index (χ1v) is 13.8. The van der Waals surface area contributed by atoms with Gasteiger partial charge >= 0.3 is 0 Å². The lowest BCUT2D eigenvalue weighted by Gasteiger charge is -2.28. The summed E-state index contributed by atoms with van der Waals surface area (Å²) < 4.78 is 34.2. The van der Waals surface area contributed by atoms with E-state index in [9.17, 15) is 13.2 Å². The number of hydrogen-bond donors (Lipinski definition) is 0. The molecule has 1 aliphatic heterocycles. The zero-order valence-electron chi connectivity index (χ0n) is 19.3. The highest BCUT2D eigenvalue weighted by molar-refractivity contribution is 7.89. The molecule has 1 aliphatic rings. The van der Waals surface area contributed by atoms with Gasteiger partial charge < -0.3 is 9.64 Å². The molecule has 2 heterocycles. The lowest BCUT2D eigenvalue weighted by Crippen LogP contribution is -2.45. The number of nitrogens with zero attached hydrogens (tertiary/aromatic N) is 2. The molecular formula is C26H30N2O4S2. The van der Waals surface area contributed by atoms with Crippen LogP contribution in [0.1, 0.15) is 28.8 Å². The molecule has 4 rings (SSSR count). The molecule has 6 nitrogen and oxygen atoms in total. The smallest absolute Gasteiger partial charge is 0.243 e. The van der Waals surface area contributed by atoms with Crippen LogP contribution >= 0.6 is 11.3 Å². The summed E-state index contributed by atoms with van der Waals surface area (Å²) in [6, 6.07) is 20.5. The molecule has 0 saturated carbocycles. The van der Waals surface area contributed by atoms with Gasteiger partial charge in [0, 0.05) is 24.6 Å². The van der Waals surface area contributed by atoms with Gasteiger partial charge in [0.2, 0.25) is 15.9 Å². The summed E-state index contributed by atoms with van der Waals surface area (Å²) in [6.07, 6.45) is 1.49. The fourth-order valence-electron chi connectivity index (χ4n) is 4.00. The summed E-state index contributed by atoms with van der Waals surface area (Å²) in [4.78, 5) is 16.5. The lowest BCUT2D eigenvalue weighted by atomic mass is 10.2. The second-order valence-electron chi connectivity index (χ2n) is 8.56. The molecule has 1 aromatic heterocycles. The van der Waals surface area contributed by atoms with Crippen molar-refractivity contribution in [2.24, 2.45) is 0 Å². The van der Waals surface area contributed by atoms with Gasteiger partial charge in [-0.15, -0.1) is 11.3 Å². The molecule has 0 bridgehead atoms. The summed E-state index contributed by atoms with van der Waals surface area (Å²) in [7, 11) is -3.86. The number of carbonyl (C=O) groups is 1. The highest BCUT2D eigenvalue weighted by atomic mass is 32.2. The molecule has 1 unspecified atom stereocenters. The van der Waals surface area contributed by atoms with Gasteiger partial charge in [0.05, 0.1) is 24.1 Å². The molecule has 1 fully saturated rings. The Morgan fingerprint density at radius 2 is 1.79 bits per heavy atom. The highest BCUT2D eigenvalue weighted by Gasteiger charge is 2.32. The molecule has 180 valence electrons. The zero-order valence-corrected chi connectivity index (χ0v) is 20.9. The van der Waals surface area contributed by atoms with Crippen molar-refractivity contribution in [2.75, 3.05) is 19.7 Å². The fourth-order valence-corrected chi connectivity index (χ4v) is 6.14. The van der Waals surface area contributed by atoms with Crippen LogP contribution in [0.15, 0.2) is 77.0 Å². The number of aryl methyl sites for hydroxylation is 1. The van der Waals surface area contributed by atoms with Crippen molar-refractivity contribution < 1.29 is 17.9 Å². The number of hydrogen-bond acceptors (Lipinski definition) is 5. The number of ether oxygens (including phenoxy) is 1. The normalized spacial score (nSPS) is 16.1. The summed E-state index contributed by atoms with van der Waals surface area (Å²) in [5.41, 5.74) is 1.98. The third-order valence-electron chi connectivity index (χ3n) is 5.90. The largest absolute Gasteiger partial charge is 0.377 e. The number of thiophene rings is 1. The SMILES string of the molecule is Cc1ccc(S(=O)(=O)N(CC(=O)N(Cc2ccccc2)Cc2cccs2)CC2CCCO2)cc1. The van der Waals surface area contributed by atoms with Crippen molar-refractivity contribution in [2.45, 2.75) is 43.9 Å². The molecule has 34 heavy (non-hydrogen) atoms.